The molecule has 0 unspecified atom stereocenters. The topological polar surface area (TPSA) is 126 Å². The average molecular weight is 434 g/mol. The van der Waals surface area contributed by atoms with Gasteiger partial charge >= 0.3 is 11.9 Å². The molecule has 0 aliphatic carbocycles. The first-order chi connectivity index (χ1) is 15.3. The summed E-state index contributed by atoms with van der Waals surface area (Å²) in [6.07, 6.45) is 5.32. The van der Waals surface area contributed by atoms with Crippen molar-refractivity contribution >= 4 is 11.9 Å². The van der Waals surface area contributed by atoms with Crippen LogP contribution in [0, 0.1) is 11.6 Å². The van der Waals surface area contributed by atoms with Crippen LogP contribution in [0.1, 0.15) is 20.7 Å². The summed E-state index contributed by atoms with van der Waals surface area (Å²) in [4.78, 5) is 39.2. The van der Waals surface area contributed by atoms with Crippen molar-refractivity contribution in [3.8, 4) is 33.9 Å². The van der Waals surface area contributed by atoms with Crippen LogP contribution in [0.5, 0.6) is 0 Å². The van der Waals surface area contributed by atoms with E-state index in [1.54, 1.807) is 0 Å². The van der Waals surface area contributed by atoms with Crippen molar-refractivity contribution in [1.82, 2.24) is 19.9 Å². The smallest absolute Gasteiger partial charge is 0.336 e. The van der Waals surface area contributed by atoms with Crippen molar-refractivity contribution in [1.29, 1.82) is 0 Å². The summed E-state index contributed by atoms with van der Waals surface area (Å²) in [5.41, 5.74) is -0.347. The number of aromatic carboxylic acids is 2. The predicted octanol–water partition coefficient (Wildman–Crippen LogP) is 3.94. The van der Waals surface area contributed by atoms with Gasteiger partial charge in [-0.1, -0.05) is 0 Å². The zero-order valence-corrected chi connectivity index (χ0v) is 16.0. The molecule has 2 heterocycles. The zero-order valence-electron chi connectivity index (χ0n) is 16.0. The Hall–Kier alpha value is -4.60. The lowest BCUT2D eigenvalue weighted by atomic mass is 9.99. The average Bonchev–Trinajstić information content (AvgIpc) is 2.79. The summed E-state index contributed by atoms with van der Waals surface area (Å²) in [6, 6.07) is 7.05. The van der Waals surface area contributed by atoms with Gasteiger partial charge in [-0.2, -0.15) is 0 Å². The third kappa shape index (κ3) is 3.88. The maximum Gasteiger partial charge on any atom is 0.336 e. The molecule has 2 aromatic carbocycles. The minimum absolute atomic E-state index is 0.0133. The highest BCUT2D eigenvalue weighted by molar-refractivity contribution is 5.97. The normalized spacial score (nSPS) is 10.7. The Labute approximate surface area is 178 Å². The molecular weight excluding hydrogens is 422 g/mol. The first-order valence-corrected chi connectivity index (χ1v) is 9.05. The van der Waals surface area contributed by atoms with Gasteiger partial charge in [0.2, 0.25) is 0 Å². The number of halogens is 2. The molecular formula is C22H12F2N4O4. The van der Waals surface area contributed by atoms with E-state index in [9.17, 15) is 28.6 Å². The highest BCUT2D eigenvalue weighted by Gasteiger charge is 2.21. The van der Waals surface area contributed by atoms with E-state index in [1.807, 2.05) is 0 Å². The van der Waals surface area contributed by atoms with Gasteiger partial charge in [0.25, 0.3) is 0 Å². The van der Waals surface area contributed by atoms with Gasteiger partial charge in [0.1, 0.15) is 11.6 Å². The molecule has 0 aliphatic rings. The molecule has 0 fully saturated rings. The second kappa shape index (κ2) is 8.26. The maximum absolute atomic E-state index is 14.9. The van der Waals surface area contributed by atoms with E-state index in [4.69, 9.17) is 0 Å². The van der Waals surface area contributed by atoms with Crippen LogP contribution in [-0.4, -0.2) is 42.1 Å². The van der Waals surface area contributed by atoms with Gasteiger partial charge in [0.05, 0.1) is 16.7 Å². The highest BCUT2D eigenvalue weighted by Crippen LogP contribution is 2.30. The Balaban J connectivity index is 1.78. The quantitative estimate of drug-likeness (QED) is 0.484. The van der Waals surface area contributed by atoms with Crippen LogP contribution in [0.4, 0.5) is 8.78 Å². The predicted molar refractivity (Wildman–Crippen MR) is 108 cm³/mol. The van der Waals surface area contributed by atoms with Gasteiger partial charge in [-0.05, 0) is 42.0 Å². The molecule has 0 spiro atoms. The van der Waals surface area contributed by atoms with E-state index < -0.39 is 23.6 Å². The first-order valence-electron chi connectivity index (χ1n) is 9.05. The molecule has 0 saturated carbocycles. The van der Waals surface area contributed by atoms with Gasteiger partial charge in [0.15, 0.2) is 11.6 Å². The molecule has 0 radical (unpaired) electrons. The number of carboxylic acids is 2. The van der Waals surface area contributed by atoms with Crippen molar-refractivity contribution < 1.29 is 28.6 Å². The zero-order chi connectivity index (χ0) is 22.8. The lowest BCUT2D eigenvalue weighted by Crippen LogP contribution is -2.05. The number of aromatic nitrogens is 4. The first kappa shape index (κ1) is 20.7. The van der Waals surface area contributed by atoms with Crippen LogP contribution in [-0.2, 0) is 0 Å². The number of hydrogen-bond donors (Lipinski definition) is 2. The summed E-state index contributed by atoms with van der Waals surface area (Å²) in [7, 11) is 0. The monoisotopic (exact) mass is 434 g/mol. The van der Waals surface area contributed by atoms with Gasteiger partial charge in [-0.25, -0.2) is 38.3 Å². The molecule has 4 rings (SSSR count). The summed E-state index contributed by atoms with van der Waals surface area (Å²) < 4.78 is 28.3. The van der Waals surface area contributed by atoms with Crippen molar-refractivity contribution in [3.63, 3.8) is 0 Å². The minimum atomic E-state index is -1.37. The number of hydrogen-bond acceptors (Lipinski definition) is 6. The lowest BCUT2D eigenvalue weighted by molar-refractivity contribution is 0.0686. The number of carboxylic acid groups (broad SMARTS) is 2. The minimum Gasteiger partial charge on any atom is -0.478 e. The van der Waals surface area contributed by atoms with Gasteiger partial charge in [0, 0.05) is 35.9 Å². The van der Waals surface area contributed by atoms with E-state index in [0.29, 0.717) is 0 Å². The standard InChI is InChI=1S/C22H12F2N4O4/c23-13-2-3-14(15(8-13)21(29)30)19-27-9-12(10-28-19)11-6-16(22(31)32)18(17(24)7-11)20-25-4-1-5-26-20/h1-10H,(H,29,30)(H,31,32). The van der Waals surface area contributed by atoms with Crippen LogP contribution in [0.15, 0.2) is 61.2 Å². The summed E-state index contributed by atoms with van der Waals surface area (Å²) >= 11 is 0. The third-order valence-electron chi connectivity index (χ3n) is 4.55. The SMILES string of the molecule is O=C(O)c1cc(F)ccc1-c1ncc(-c2cc(F)c(-c3ncccn3)c(C(=O)O)c2)cn1. The summed E-state index contributed by atoms with van der Waals surface area (Å²) in [6.45, 7) is 0. The number of nitrogens with zero attached hydrogens (tertiary/aromatic N) is 4. The molecule has 0 bridgehead atoms. The van der Waals surface area contributed by atoms with E-state index in [-0.39, 0.29) is 45.0 Å². The number of carbonyl (C=O) groups is 2. The van der Waals surface area contributed by atoms with Crippen molar-refractivity contribution in [2.45, 2.75) is 0 Å². The largest absolute Gasteiger partial charge is 0.478 e. The van der Waals surface area contributed by atoms with Gasteiger partial charge in [-0.3, -0.25) is 0 Å². The fourth-order valence-electron chi connectivity index (χ4n) is 3.10. The Kier molecular flexibility index (Phi) is 5.34. The molecule has 0 saturated heterocycles. The van der Waals surface area contributed by atoms with Crippen molar-refractivity contribution in [3.05, 3.63) is 83.9 Å². The second-order valence-corrected chi connectivity index (χ2v) is 6.55. The van der Waals surface area contributed by atoms with E-state index in [2.05, 4.69) is 19.9 Å². The number of rotatable bonds is 5. The van der Waals surface area contributed by atoms with Crippen LogP contribution < -0.4 is 0 Å². The molecule has 0 atom stereocenters. The molecule has 2 aromatic heterocycles. The van der Waals surface area contributed by atoms with Crippen molar-refractivity contribution in [2.24, 2.45) is 0 Å². The fraction of sp³-hybridized carbons (Fsp3) is 0. The Morgan fingerprint density at radius 2 is 1.41 bits per heavy atom. The second-order valence-electron chi connectivity index (χ2n) is 6.55. The maximum atomic E-state index is 14.9. The molecule has 4 aromatic rings. The van der Waals surface area contributed by atoms with Gasteiger partial charge in [-0.15, -0.1) is 0 Å². The third-order valence-corrected chi connectivity index (χ3v) is 4.55. The van der Waals surface area contributed by atoms with Gasteiger partial charge < -0.3 is 10.2 Å². The summed E-state index contributed by atoms with van der Waals surface area (Å²) in [5, 5.41) is 18.9. The van der Waals surface area contributed by atoms with Crippen LogP contribution >= 0.6 is 0 Å². The molecule has 0 amide bonds. The van der Waals surface area contributed by atoms with E-state index >= 15 is 0 Å². The molecule has 0 aliphatic heterocycles. The molecule has 32 heavy (non-hydrogen) atoms. The molecule has 2 N–H and O–H groups in total. The summed E-state index contributed by atoms with van der Waals surface area (Å²) in [5.74, 6) is -4.34. The Morgan fingerprint density at radius 3 is 2.03 bits per heavy atom. The molecule has 158 valence electrons. The number of benzene rings is 2. The highest BCUT2D eigenvalue weighted by atomic mass is 19.1. The van der Waals surface area contributed by atoms with Crippen LogP contribution in [0.2, 0.25) is 0 Å². The molecule has 10 heteroatoms. The lowest BCUT2D eigenvalue weighted by Gasteiger charge is -2.10. The Bertz CT molecular complexity index is 1350. The van der Waals surface area contributed by atoms with Crippen LogP contribution in [0.3, 0.4) is 0 Å². The fourth-order valence-corrected chi connectivity index (χ4v) is 3.10. The van der Waals surface area contributed by atoms with E-state index in [1.165, 1.54) is 43.0 Å². The van der Waals surface area contributed by atoms with Crippen molar-refractivity contribution in [2.75, 3.05) is 0 Å². The van der Waals surface area contributed by atoms with Crippen LogP contribution in [0.25, 0.3) is 33.9 Å². The van der Waals surface area contributed by atoms with E-state index in [0.717, 1.165) is 18.2 Å². The molecule has 8 nitrogen and oxygen atoms in total. The Morgan fingerprint density at radius 1 is 0.750 bits per heavy atom.